The number of nitro groups is 1. The van der Waals surface area contributed by atoms with Gasteiger partial charge >= 0.3 is 11.9 Å². The van der Waals surface area contributed by atoms with Crippen LogP contribution in [0.15, 0.2) is 34.7 Å². The van der Waals surface area contributed by atoms with Crippen LogP contribution in [0.3, 0.4) is 0 Å². The highest BCUT2D eigenvalue weighted by atomic mass is 32.2. The fourth-order valence-electron chi connectivity index (χ4n) is 2.82. The van der Waals surface area contributed by atoms with Gasteiger partial charge in [-0.25, -0.2) is 9.78 Å². The van der Waals surface area contributed by atoms with Crippen molar-refractivity contribution in [3.8, 4) is 5.75 Å². The Morgan fingerprint density at radius 2 is 2.09 bits per heavy atom. The first-order chi connectivity index (χ1) is 16.6. The van der Waals surface area contributed by atoms with Crippen molar-refractivity contribution in [2.75, 3.05) is 11.9 Å². The number of thiazole rings is 1. The number of carbonyl (C=O) groups is 4. The molecule has 0 bridgehead atoms. The Morgan fingerprint density at radius 1 is 1.34 bits per heavy atom. The molecule has 3 rings (SSSR count). The summed E-state index contributed by atoms with van der Waals surface area (Å²) >= 11 is 6.97. The second kappa shape index (κ2) is 11.0. The summed E-state index contributed by atoms with van der Waals surface area (Å²) in [6, 6.07) is 1.75. The minimum Gasteiger partial charge on any atom is -0.483 e. The summed E-state index contributed by atoms with van der Waals surface area (Å²) in [5.74, 6) is -4.41. The van der Waals surface area contributed by atoms with Crippen LogP contribution in [-0.4, -0.2) is 65.7 Å². The molecular formula is C19H14N4O9S3. The molecule has 182 valence electrons. The third-order valence-corrected chi connectivity index (χ3v) is 6.34. The zero-order valence-electron chi connectivity index (χ0n) is 17.3. The third kappa shape index (κ3) is 6.37. The number of carboxylic acid groups (broad SMARTS) is 2. The van der Waals surface area contributed by atoms with Gasteiger partial charge in [0.25, 0.3) is 17.5 Å². The summed E-state index contributed by atoms with van der Waals surface area (Å²) in [6.45, 7) is -0.473. The number of rotatable bonds is 10. The van der Waals surface area contributed by atoms with E-state index >= 15 is 0 Å². The number of aliphatic carboxylic acids is 2. The Balaban J connectivity index is 1.88. The van der Waals surface area contributed by atoms with Gasteiger partial charge in [0, 0.05) is 29.3 Å². The van der Waals surface area contributed by atoms with E-state index in [1.54, 1.807) is 5.38 Å². The average Bonchev–Trinajstić information content (AvgIpc) is 3.38. The van der Waals surface area contributed by atoms with Crippen LogP contribution in [0.4, 0.5) is 10.8 Å². The van der Waals surface area contributed by atoms with Crippen molar-refractivity contribution in [3.63, 3.8) is 0 Å². The molecule has 0 aliphatic carbocycles. The number of thioether (sulfide) groups is 1. The van der Waals surface area contributed by atoms with E-state index in [1.807, 2.05) is 0 Å². The highest BCUT2D eigenvalue weighted by molar-refractivity contribution is 8.26. The molecular weight excluding hydrogens is 524 g/mol. The van der Waals surface area contributed by atoms with E-state index in [1.165, 1.54) is 29.7 Å². The summed E-state index contributed by atoms with van der Waals surface area (Å²) in [5, 5.41) is 34.1. The van der Waals surface area contributed by atoms with Crippen molar-refractivity contribution < 1.29 is 39.1 Å². The SMILES string of the molecule is O=C(O)CC(C(=O)O)N1C(=O)/C(=C/c2cc([N+](=O)[O-])ccc2OCC(=O)Nc2nccs2)SC1=S. The van der Waals surface area contributed by atoms with E-state index in [9.17, 15) is 34.4 Å². The van der Waals surface area contributed by atoms with Crippen molar-refractivity contribution in [1.29, 1.82) is 0 Å². The number of carbonyl (C=O) groups excluding carboxylic acids is 2. The first-order valence-corrected chi connectivity index (χ1v) is 11.5. The van der Waals surface area contributed by atoms with E-state index in [4.69, 9.17) is 22.1 Å². The fourth-order valence-corrected chi connectivity index (χ4v) is 4.71. The average molecular weight is 539 g/mol. The Morgan fingerprint density at radius 3 is 2.69 bits per heavy atom. The van der Waals surface area contributed by atoms with Gasteiger partial charge in [-0.3, -0.25) is 34.7 Å². The zero-order chi connectivity index (χ0) is 25.7. The number of carboxylic acids is 2. The number of benzene rings is 1. The van der Waals surface area contributed by atoms with E-state index < -0.39 is 47.7 Å². The molecule has 0 saturated carbocycles. The Hall–Kier alpha value is -3.89. The van der Waals surface area contributed by atoms with Crippen LogP contribution >= 0.6 is 35.3 Å². The number of hydrogen-bond acceptors (Lipinski definition) is 11. The molecule has 2 amide bonds. The molecule has 1 unspecified atom stereocenters. The third-order valence-electron chi connectivity index (χ3n) is 4.32. The number of nitro benzene ring substituents is 1. The lowest BCUT2D eigenvalue weighted by Crippen LogP contribution is -2.45. The molecule has 1 aromatic carbocycles. The molecule has 2 aromatic rings. The van der Waals surface area contributed by atoms with Crippen LogP contribution in [-0.2, 0) is 19.2 Å². The van der Waals surface area contributed by atoms with Gasteiger partial charge in [-0.15, -0.1) is 11.3 Å². The van der Waals surface area contributed by atoms with E-state index in [2.05, 4.69) is 10.3 Å². The Kier molecular flexibility index (Phi) is 8.10. The van der Waals surface area contributed by atoms with E-state index in [0.29, 0.717) is 21.8 Å². The fraction of sp³-hybridized carbons (Fsp3) is 0.158. The van der Waals surface area contributed by atoms with E-state index in [-0.39, 0.29) is 26.2 Å². The van der Waals surface area contributed by atoms with Gasteiger partial charge in [-0.05, 0) is 12.1 Å². The Labute approximate surface area is 209 Å². The quantitative estimate of drug-likeness (QED) is 0.173. The molecule has 3 N–H and O–H groups in total. The molecule has 13 nitrogen and oxygen atoms in total. The largest absolute Gasteiger partial charge is 0.483 e. The smallest absolute Gasteiger partial charge is 0.327 e. The molecule has 16 heteroatoms. The molecule has 0 radical (unpaired) electrons. The first kappa shape index (κ1) is 25.7. The topological polar surface area (TPSA) is 189 Å². The number of hydrogen-bond donors (Lipinski definition) is 3. The number of anilines is 1. The van der Waals surface area contributed by atoms with E-state index in [0.717, 1.165) is 12.1 Å². The number of nitrogens with zero attached hydrogens (tertiary/aromatic N) is 3. The van der Waals surface area contributed by atoms with Gasteiger partial charge in [0.2, 0.25) is 0 Å². The first-order valence-electron chi connectivity index (χ1n) is 9.39. The standard InChI is InChI=1S/C19H14N4O9S3/c24-14(21-18-20-3-4-34-18)8-32-12-2-1-10(23(30)31)5-9(12)6-13-16(27)22(19(33)35-13)11(17(28)29)7-15(25)26/h1-6,11H,7-8H2,(H,25,26)(H,28,29)(H,20,21,24)/b13-6-. The normalized spacial score (nSPS) is 15.2. The van der Waals surface area contributed by atoms with Crippen LogP contribution in [0.25, 0.3) is 6.08 Å². The molecule has 1 aromatic heterocycles. The molecule has 0 spiro atoms. The maximum atomic E-state index is 12.9. The van der Waals surface area contributed by atoms with Crippen molar-refractivity contribution in [3.05, 3.63) is 50.4 Å². The molecule has 35 heavy (non-hydrogen) atoms. The highest BCUT2D eigenvalue weighted by Gasteiger charge is 2.41. The predicted molar refractivity (Wildman–Crippen MR) is 128 cm³/mol. The molecule has 2 heterocycles. The summed E-state index contributed by atoms with van der Waals surface area (Å²) < 4.78 is 5.29. The summed E-state index contributed by atoms with van der Waals surface area (Å²) in [7, 11) is 0. The van der Waals surface area contributed by atoms with Gasteiger partial charge < -0.3 is 14.9 Å². The number of aromatic nitrogens is 1. The second-order valence-corrected chi connectivity index (χ2v) is 9.23. The van der Waals surface area contributed by atoms with Gasteiger partial charge in [-0.1, -0.05) is 24.0 Å². The number of thiocarbonyl (C=S) groups is 1. The number of amides is 2. The van der Waals surface area contributed by atoms with Crippen molar-refractivity contribution in [2.24, 2.45) is 0 Å². The maximum Gasteiger partial charge on any atom is 0.327 e. The van der Waals surface area contributed by atoms with Gasteiger partial charge in [0.05, 0.1) is 16.2 Å². The monoisotopic (exact) mass is 538 g/mol. The van der Waals surface area contributed by atoms with Crippen LogP contribution in [0, 0.1) is 10.1 Å². The van der Waals surface area contributed by atoms with Crippen molar-refractivity contribution >= 4 is 80.3 Å². The summed E-state index contributed by atoms with van der Waals surface area (Å²) in [5.41, 5.74) is -0.285. The van der Waals surface area contributed by atoms with Gasteiger partial charge in [0.1, 0.15) is 16.1 Å². The zero-order valence-corrected chi connectivity index (χ0v) is 19.7. The number of nitrogens with one attached hydrogen (secondary N) is 1. The molecule has 1 fully saturated rings. The number of ether oxygens (including phenoxy) is 1. The van der Waals surface area contributed by atoms with Crippen LogP contribution in [0.1, 0.15) is 12.0 Å². The molecule has 1 aliphatic rings. The second-order valence-electron chi connectivity index (χ2n) is 6.66. The predicted octanol–water partition coefficient (Wildman–Crippen LogP) is 2.20. The van der Waals surface area contributed by atoms with Crippen molar-refractivity contribution in [1.82, 2.24) is 9.88 Å². The number of non-ortho nitro benzene ring substituents is 1. The highest BCUT2D eigenvalue weighted by Crippen LogP contribution is 2.37. The van der Waals surface area contributed by atoms with Crippen LogP contribution in [0.2, 0.25) is 0 Å². The minimum atomic E-state index is -1.73. The van der Waals surface area contributed by atoms with Gasteiger partial charge in [0.15, 0.2) is 11.7 Å². The summed E-state index contributed by atoms with van der Waals surface area (Å²) in [4.78, 5) is 62.6. The summed E-state index contributed by atoms with van der Waals surface area (Å²) in [6.07, 6.45) is 1.81. The van der Waals surface area contributed by atoms with Crippen molar-refractivity contribution in [2.45, 2.75) is 12.5 Å². The lowest BCUT2D eigenvalue weighted by atomic mass is 10.1. The lowest BCUT2D eigenvalue weighted by Gasteiger charge is -2.21. The molecule has 1 aliphatic heterocycles. The van der Waals surface area contributed by atoms with Crippen LogP contribution in [0.5, 0.6) is 5.75 Å². The van der Waals surface area contributed by atoms with Gasteiger partial charge in [-0.2, -0.15) is 0 Å². The minimum absolute atomic E-state index is 0.0236. The van der Waals surface area contributed by atoms with Crippen LogP contribution < -0.4 is 10.1 Å². The molecule has 1 saturated heterocycles. The maximum absolute atomic E-state index is 12.9. The lowest BCUT2D eigenvalue weighted by molar-refractivity contribution is -0.384. The Bertz CT molecular complexity index is 1250. The molecule has 1 atom stereocenters.